The van der Waals surface area contributed by atoms with Gasteiger partial charge >= 0.3 is 0 Å². The molecule has 0 spiro atoms. The minimum absolute atomic E-state index is 0.211. The highest BCUT2D eigenvalue weighted by molar-refractivity contribution is 5.56. The number of benzene rings is 3. The van der Waals surface area contributed by atoms with Crippen molar-refractivity contribution in [1.82, 2.24) is 0 Å². The van der Waals surface area contributed by atoms with Gasteiger partial charge < -0.3 is 19.5 Å². The van der Waals surface area contributed by atoms with Gasteiger partial charge in [0.15, 0.2) is 0 Å². The Morgan fingerprint density at radius 3 is 2.57 bits per heavy atom. The molecule has 0 aromatic heterocycles. The number of rotatable bonds is 10. The standard InChI is InChI=1S/C26H29NO3/c1-2-8-21(9-3-1)15-17-29-23-11-6-10-22(18-23)19-27-25-13-4-5-14-26(25)30-20-24-12-7-16-28-24/h1-6,8-11,13-14,18,24,27H,7,12,15-17,19-20H2. The van der Waals surface area contributed by atoms with Gasteiger partial charge in [-0.2, -0.15) is 0 Å². The van der Waals surface area contributed by atoms with E-state index in [4.69, 9.17) is 14.2 Å². The number of para-hydroxylation sites is 2. The Balaban J connectivity index is 1.29. The molecule has 3 aromatic rings. The summed E-state index contributed by atoms with van der Waals surface area (Å²) >= 11 is 0. The van der Waals surface area contributed by atoms with Gasteiger partial charge in [0.25, 0.3) is 0 Å². The van der Waals surface area contributed by atoms with Gasteiger partial charge in [0, 0.05) is 19.6 Å². The van der Waals surface area contributed by atoms with Crippen LogP contribution in [0.1, 0.15) is 24.0 Å². The van der Waals surface area contributed by atoms with Gasteiger partial charge in [0.1, 0.15) is 18.1 Å². The van der Waals surface area contributed by atoms with Crippen molar-refractivity contribution in [2.45, 2.75) is 31.9 Å². The summed E-state index contributed by atoms with van der Waals surface area (Å²) in [6.45, 7) is 2.82. The fraction of sp³-hybridized carbons (Fsp3) is 0.308. The van der Waals surface area contributed by atoms with Crippen molar-refractivity contribution < 1.29 is 14.2 Å². The first-order valence-corrected chi connectivity index (χ1v) is 10.7. The minimum Gasteiger partial charge on any atom is -0.493 e. The minimum atomic E-state index is 0.211. The lowest BCUT2D eigenvalue weighted by atomic mass is 10.2. The van der Waals surface area contributed by atoms with Crippen LogP contribution in [0.5, 0.6) is 11.5 Å². The highest BCUT2D eigenvalue weighted by Gasteiger charge is 2.16. The number of hydrogen-bond donors (Lipinski definition) is 1. The van der Waals surface area contributed by atoms with Crippen LogP contribution in [0.15, 0.2) is 78.9 Å². The van der Waals surface area contributed by atoms with Crippen LogP contribution in [0.25, 0.3) is 0 Å². The number of nitrogens with one attached hydrogen (secondary N) is 1. The topological polar surface area (TPSA) is 39.7 Å². The van der Waals surface area contributed by atoms with Crippen LogP contribution in [-0.2, 0) is 17.7 Å². The molecule has 156 valence electrons. The quantitative estimate of drug-likeness (QED) is 0.487. The molecule has 0 bridgehead atoms. The van der Waals surface area contributed by atoms with Gasteiger partial charge in [-0.25, -0.2) is 0 Å². The summed E-state index contributed by atoms with van der Waals surface area (Å²) in [5.41, 5.74) is 3.45. The maximum Gasteiger partial charge on any atom is 0.142 e. The van der Waals surface area contributed by atoms with Crippen LogP contribution in [0, 0.1) is 0 Å². The second kappa shape index (κ2) is 10.7. The summed E-state index contributed by atoms with van der Waals surface area (Å²) in [6, 6.07) is 26.7. The van der Waals surface area contributed by atoms with Crippen molar-refractivity contribution in [3.05, 3.63) is 90.0 Å². The molecule has 1 fully saturated rings. The molecule has 0 aliphatic carbocycles. The Hall–Kier alpha value is -2.98. The normalized spacial score (nSPS) is 15.7. The van der Waals surface area contributed by atoms with Crippen LogP contribution < -0.4 is 14.8 Å². The van der Waals surface area contributed by atoms with Gasteiger partial charge in [-0.1, -0.05) is 54.6 Å². The first-order valence-electron chi connectivity index (χ1n) is 10.7. The Morgan fingerprint density at radius 2 is 1.70 bits per heavy atom. The molecule has 1 aliphatic heterocycles. The zero-order chi connectivity index (χ0) is 20.4. The van der Waals surface area contributed by atoms with Crippen LogP contribution in [0.2, 0.25) is 0 Å². The number of anilines is 1. The average molecular weight is 404 g/mol. The van der Waals surface area contributed by atoms with Crippen molar-refractivity contribution in [2.75, 3.05) is 25.1 Å². The Morgan fingerprint density at radius 1 is 0.867 bits per heavy atom. The molecule has 0 saturated carbocycles. The highest BCUT2D eigenvalue weighted by atomic mass is 16.5. The molecule has 1 aliphatic rings. The average Bonchev–Trinajstić information content (AvgIpc) is 3.32. The molecular weight excluding hydrogens is 374 g/mol. The molecule has 30 heavy (non-hydrogen) atoms. The molecule has 1 atom stereocenters. The van der Waals surface area contributed by atoms with Crippen molar-refractivity contribution in [1.29, 1.82) is 0 Å². The van der Waals surface area contributed by atoms with Crippen LogP contribution in [0.3, 0.4) is 0 Å². The largest absolute Gasteiger partial charge is 0.493 e. The predicted molar refractivity (Wildman–Crippen MR) is 120 cm³/mol. The van der Waals surface area contributed by atoms with E-state index in [0.717, 1.165) is 43.1 Å². The fourth-order valence-electron chi connectivity index (χ4n) is 3.57. The second-order valence-corrected chi connectivity index (χ2v) is 7.53. The predicted octanol–water partition coefficient (Wildman–Crippen LogP) is 5.48. The molecule has 1 saturated heterocycles. The Labute approximate surface area is 178 Å². The molecule has 4 heteroatoms. The molecule has 1 N–H and O–H groups in total. The second-order valence-electron chi connectivity index (χ2n) is 7.53. The maximum atomic E-state index is 6.02. The van der Waals surface area contributed by atoms with Gasteiger partial charge in [0.05, 0.1) is 18.4 Å². The molecule has 4 rings (SSSR count). The first-order chi connectivity index (χ1) is 14.9. The van der Waals surface area contributed by atoms with Gasteiger partial charge in [-0.05, 0) is 48.2 Å². The van der Waals surface area contributed by atoms with Crippen molar-refractivity contribution >= 4 is 5.69 Å². The molecule has 1 heterocycles. The van der Waals surface area contributed by atoms with E-state index in [1.165, 1.54) is 11.1 Å². The lowest BCUT2D eigenvalue weighted by Crippen LogP contribution is -2.16. The van der Waals surface area contributed by atoms with Crippen LogP contribution in [-0.4, -0.2) is 25.9 Å². The molecular formula is C26H29NO3. The first kappa shape index (κ1) is 20.3. The monoisotopic (exact) mass is 403 g/mol. The van der Waals surface area contributed by atoms with Gasteiger partial charge in [-0.15, -0.1) is 0 Å². The van der Waals surface area contributed by atoms with E-state index in [1.807, 2.05) is 42.5 Å². The molecule has 0 amide bonds. The van der Waals surface area contributed by atoms with E-state index in [1.54, 1.807) is 0 Å². The van der Waals surface area contributed by atoms with E-state index in [-0.39, 0.29) is 6.10 Å². The summed E-state index contributed by atoms with van der Waals surface area (Å²) in [7, 11) is 0. The smallest absolute Gasteiger partial charge is 0.142 e. The lowest BCUT2D eigenvalue weighted by Gasteiger charge is -2.16. The van der Waals surface area contributed by atoms with E-state index in [9.17, 15) is 0 Å². The van der Waals surface area contributed by atoms with E-state index < -0.39 is 0 Å². The summed E-state index contributed by atoms with van der Waals surface area (Å²) < 4.78 is 17.6. The van der Waals surface area contributed by atoms with Gasteiger partial charge in [-0.3, -0.25) is 0 Å². The molecule has 3 aromatic carbocycles. The summed E-state index contributed by atoms with van der Waals surface area (Å²) in [5.74, 6) is 1.76. The van der Waals surface area contributed by atoms with E-state index in [0.29, 0.717) is 19.8 Å². The van der Waals surface area contributed by atoms with Crippen LogP contribution >= 0.6 is 0 Å². The SMILES string of the molecule is c1ccc(CCOc2cccc(CNc3ccccc3OCC3CCCO3)c2)cc1. The third-order valence-corrected chi connectivity index (χ3v) is 5.22. The Bertz CT molecular complexity index is 907. The third-order valence-electron chi connectivity index (χ3n) is 5.22. The zero-order valence-electron chi connectivity index (χ0n) is 17.3. The van der Waals surface area contributed by atoms with E-state index >= 15 is 0 Å². The molecule has 4 nitrogen and oxygen atoms in total. The fourth-order valence-corrected chi connectivity index (χ4v) is 3.57. The van der Waals surface area contributed by atoms with Gasteiger partial charge in [0.2, 0.25) is 0 Å². The highest BCUT2D eigenvalue weighted by Crippen LogP contribution is 2.26. The number of ether oxygens (including phenoxy) is 3. The van der Waals surface area contributed by atoms with Crippen molar-refractivity contribution in [2.24, 2.45) is 0 Å². The Kier molecular flexibility index (Phi) is 7.24. The molecule has 0 radical (unpaired) electrons. The van der Waals surface area contributed by atoms with Crippen molar-refractivity contribution in [3.63, 3.8) is 0 Å². The number of hydrogen-bond acceptors (Lipinski definition) is 4. The summed E-state index contributed by atoms with van der Waals surface area (Å²) in [5, 5.41) is 3.49. The third kappa shape index (κ3) is 6.01. The molecule has 1 unspecified atom stereocenters. The maximum absolute atomic E-state index is 6.02. The summed E-state index contributed by atoms with van der Waals surface area (Å²) in [6.07, 6.45) is 3.31. The summed E-state index contributed by atoms with van der Waals surface area (Å²) in [4.78, 5) is 0. The van der Waals surface area contributed by atoms with Crippen molar-refractivity contribution in [3.8, 4) is 11.5 Å². The van der Waals surface area contributed by atoms with Crippen LogP contribution in [0.4, 0.5) is 5.69 Å². The van der Waals surface area contributed by atoms with E-state index in [2.05, 4.69) is 41.7 Å². The zero-order valence-corrected chi connectivity index (χ0v) is 17.3. The lowest BCUT2D eigenvalue weighted by molar-refractivity contribution is 0.0682.